The number of ether oxygens (including phenoxy) is 3. The lowest BCUT2D eigenvalue weighted by atomic mass is 9.67. The highest BCUT2D eigenvalue weighted by atomic mass is 16.5. The molecule has 0 aromatic carbocycles. The van der Waals surface area contributed by atoms with Crippen molar-refractivity contribution in [1.29, 1.82) is 0 Å². The average molecular weight is 270 g/mol. The molecule has 2 unspecified atom stereocenters. The van der Waals surface area contributed by atoms with Crippen LogP contribution in [-0.2, 0) is 14.2 Å². The first-order chi connectivity index (χ1) is 9.20. The number of rotatable bonds is 3. The van der Waals surface area contributed by atoms with Crippen molar-refractivity contribution in [3.05, 3.63) is 0 Å². The van der Waals surface area contributed by atoms with Crippen LogP contribution < -0.4 is 0 Å². The Bertz CT molecular complexity index is 296. The summed E-state index contributed by atoms with van der Waals surface area (Å²) in [7, 11) is 1.74. The van der Waals surface area contributed by atoms with E-state index in [0.717, 1.165) is 58.3 Å². The van der Waals surface area contributed by atoms with E-state index < -0.39 is 0 Å². The van der Waals surface area contributed by atoms with Crippen molar-refractivity contribution in [2.24, 2.45) is 5.92 Å². The van der Waals surface area contributed by atoms with Crippen LogP contribution in [0.5, 0.6) is 0 Å². The van der Waals surface area contributed by atoms with Gasteiger partial charge in [0.2, 0.25) is 0 Å². The maximum absolute atomic E-state index is 10.7. The molecule has 0 aromatic rings. The van der Waals surface area contributed by atoms with Crippen molar-refractivity contribution >= 4 is 0 Å². The van der Waals surface area contributed by atoms with E-state index in [9.17, 15) is 5.11 Å². The molecule has 2 heterocycles. The van der Waals surface area contributed by atoms with Crippen molar-refractivity contribution in [3.8, 4) is 0 Å². The zero-order chi connectivity index (χ0) is 13.3. The summed E-state index contributed by atoms with van der Waals surface area (Å²) in [5, 5.41) is 10.7. The Balaban J connectivity index is 1.67. The summed E-state index contributed by atoms with van der Waals surface area (Å²) in [6, 6.07) is 0. The van der Waals surface area contributed by atoms with E-state index in [-0.39, 0.29) is 17.3 Å². The molecule has 2 aliphatic heterocycles. The van der Waals surface area contributed by atoms with Crippen LogP contribution in [0.25, 0.3) is 0 Å². The van der Waals surface area contributed by atoms with Crippen LogP contribution in [0.4, 0.5) is 0 Å². The second-order valence-corrected chi connectivity index (χ2v) is 6.46. The standard InChI is InChI=1S/C15H26O4/c1-17-15(4-2-5-15)13(16)12-3-8-19-14(11-12)6-9-18-10-7-14/h12-13,16H,2-11H2,1H3. The molecule has 4 heteroatoms. The number of aliphatic hydroxyl groups is 1. The first-order valence-corrected chi connectivity index (χ1v) is 7.65. The Hall–Kier alpha value is -0.160. The van der Waals surface area contributed by atoms with Crippen LogP contribution in [0.15, 0.2) is 0 Å². The third-order valence-electron chi connectivity index (χ3n) is 5.53. The molecule has 3 rings (SSSR count). The summed E-state index contributed by atoms with van der Waals surface area (Å²) in [6.07, 6.45) is 6.68. The molecule has 1 N–H and O–H groups in total. The largest absolute Gasteiger partial charge is 0.390 e. The quantitative estimate of drug-likeness (QED) is 0.851. The lowest BCUT2D eigenvalue weighted by Crippen LogP contribution is -2.56. The fourth-order valence-corrected chi connectivity index (χ4v) is 4.00. The Morgan fingerprint density at radius 3 is 2.47 bits per heavy atom. The number of hydrogen-bond acceptors (Lipinski definition) is 4. The highest BCUT2D eigenvalue weighted by Gasteiger charge is 2.50. The summed E-state index contributed by atoms with van der Waals surface area (Å²) in [5.74, 6) is 0.312. The normalized spacial score (nSPS) is 34.7. The van der Waals surface area contributed by atoms with E-state index in [4.69, 9.17) is 14.2 Å². The highest BCUT2D eigenvalue weighted by Crippen LogP contribution is 2.46. The van der Waals surface area contributed by atoms with Crippen LogP contribution >= 0.6 is 0 Å². The summed E-state index contributed by atoms with van der Waals surface area (Å²) in [4.78, 5) is 0. The number of aliphatic hydroxyl groups excluding tert-OH is 1. The van der Waals surface area contributed by atoms with Gasteiger partial charge in [-0.15, -0.1) is 0 Å². The zero-order valence-electron chi connectivity index (χ0n) is 11.9. The van der Waals surface area contributed by atoms with E-state index in [0.29, 0.717) is 5.92 Å². The fourth-order valence-electron chi connectivity index (χ4n) is 4.00. The third-order valence-corrected chi connectivity index (χ3v) is 5.53. The van der Waals surface area contributed by atoms with Crippen molar-refractivity contribution in [2.75, 3.05) is 26.9 Å². The maximum Gasteiger partial charge on any atom is 0.0939 e. The van der Waals surface area contributed by atoms with Crippen LogP contribution in [0.2, 0.25) is 0 Å². The molecule has 1 spiro atoms. The van der Waals surface area contributed by atoms with Crippen molar-refractivity contribution in [3.63, 3.8) is 0 Å². The second kappa shape index (κ2) is 5.32. The van der Waals surface area contributed by atoms with Crippen LogP contribution in [0.1, 0.15) is 44.9 Å². The van der Waals surface area contributed by atoms with Gasteiger partial charge in [0.25, 0.3) is 0 Å². The lowest BCUT2D eigenvalue weighted by molar-refractivity contribution is -0.204. The minimum absolute atomic E-state index is 0.0408. The predicted octanol–water partition coefficient (Wildman–Crippen LogP) is 1.89. The lowest BCUT2D eigenvalue weighted by Gasteiger charge is -2.51. The molecule has 0 aromatic heterocycles. The number of hydrogen-bond donors (Lipinski definition) is 1. The Morgan fingerprint density at radius 2 is 1.89 bits per heavy atom. The smallest absolute Gasteiger partial charge is 0.0939 e. The highest BCUT2D eigenvalue weighted by molar-refractivity contribution is 5.01. The monoisotopic (exact) mass is 270 g/mol. The second-order valence-electron chi connectivity index (χ2n) is 6.46. The molecule has 3 fully saturated rings. The molecule has 0 bridgehead atoms. The molecule has 1 saturated carbocycles. The molecule has 1 aliphatic carbocycles. The van der Waals surface area contributed by atoms with E-state index in [1.807, 2.05) is 0 Å². The van der Waals surface area contributed by atoms with Gasteiger partial charge in [-0.2, -0.15) is 0 Å². The van der Waals surface area contributed by atoms with Crippen LogP contribution in [-0.4, -0.2) is 49.3 Å². The number of methoxy groups -OCH3 is 1. The molecule has 19 heavy (non-hydrogen) atoms. The molecule has 3 aliphatic rings. The van der Waals surface area contributed by atoms with Gasteiger partial charge < -0.3 is 19.3 Å². The average Bonchev–Trinajstić information content (AvgIpc) is 2.39. The summed E-state index contributed by atoms with van der Waals surface area (Å²) >= 11 is 0. The zero-order valence-corrected chi connectivity index (χ0v) is 11.9. The summed E-state index contributed by atoms with van der Waals surface area (Å²) in [5.41, 5.74) is -0.310. The van der Waals surface area contributed by atoms with E-state index >= 15 is 0 Å². The summed E-state index contributed by atoms with van der Waals surface area (Å²) in [6.45, 7) is 2.35. The molecule has 0 amide bonds. The van der Waals surface area contributed by atoms with Gasteiger partial charge in [-0.3, -0.25) is 0 Å². The molecule has 0 radical (unpaired) electrons. The maximum atomic E-state index is 10.7. The van der Waals surface area contributed by atoms with Crippen LogP contribution in [0, 0.1) is 5.92 Å². The molecule has 2 atom stereocenters. The summed E-state index contributed by atoms with van der Waals surface area (Å²) < 4.78 is 17.1. The van der Waals surface area contributed by atoms with Crippen molar-refractivity contribution in [2.45, 2.75) is 62.3 Å². The minimum Gasteiger partial charge on any atom is -0.390 e. The van der Waals surface area contributed by atoms with Gasteiger partial charge >= 0.3 is 0 Å². The Kier molecular flexibility index (Phi) is 3.87. The molecule has 4 nitrogen and oxygen atoms in total. The van der Waals surface area contributed by atoms with E-state index in [2.05, 4.69) is 0 Å². The molecule has 110 valence electrons. The third kappa shape index (κ3) is 2.44. The van der Waals surface area contributed by atoms with Gasteiger partial charge in [0.05, 0.1) is 17.3 Å². The predicted molar refractivity (Wildman–Crippen MR) is 71.1 cm³/mol. The minimum atomic E-state index is -0.338. The first kappa shape index (κ1) is 13.8. The van der Waals surface area contributed by atoms with Gasteiger partial charge in [-0.05, 0) is 50.9 Å². The first-order valence-electron chi connectivity index (χ1n) is 7.65. The van der Waals surface area contributed by atoms with E-state index in [1.165, 1.54) is 6.42 Å². The van der Waals surface area contributed by atoms with Crippen molar-refractivity contribution in [1.82, 2.24) is 0 Å². The van der Waals surface area contributed by atoms with Gasteiger partial charge in [0, 0.05) is 26.9 Å². The Morgan fingerprint density at radius 1 is 1.16 bits per heavy atom. The fraction of sp³-hybridized carbons (Fsp3) is 1.00. The van der Waals surface area contributed by atoms with Crippen molar-refractivity contribution < 1.29 is 19.3 Å². The van der Waals surface area contributed by atoms with Crippen LogP contribution in [0.3, 0.4) is 0 Å². The van der Waals surface area contributed by atoms with Gasteiger partial charge in [-0.25, -0.2) is 0 Å². The topological polar surface area (TPSA) is 47.9 Å². The van der Waals surface area contributed by atoms with Gasteiger partial charge in [-0.1, -0.05) is 0 Å². The molecule has 2 saturated heterocycles. The molecular formula is C15H26O4. The SMILES string of the molecule is COC1(C(O)C2CCOC3(CCOCC3)C2)CCC1. The molecular weight excluding hydrogens is 244 g/mol. The Labute approximate surface area is 115 Å². The van der Waals surface area contributed by atoms with E-state index in [1.54, 1.807) is 7.11 Å². The van der Waals surface area contributed by atoms with Gasteiger partial charge in [0.15, 0.2) is 0 Å². The van der Waals surface area contributed by atoms with Gasteiger partial charge in [0.1, 0.15) is 0 Å².